The summed E-state index contributed by atoms with van der Waals surface area (Å²) in [7, 11) is 0. The molecule has 2 aromatic rings. The highest BCUT2D eigenvalue weighted by molar-refractivity contribution is 6.35. The second-order valence-corrected chi connectivity index (χ2v) is 3.44. The van der Waals surface area contributed by atoms with Gasteiger partial charge < -0.3 is 4.57 Å². The largest absolute Gasteiger partial charge is 0.341 e. The molecule has 0 spiro atoms. The van der Waals surface area contributed by atoms with Gasteiger partial charge in [0.15, 0.2) is 0 Å². The van der Waals surface area contributed by atoms with Gasteiger partial charge in [-0.05, 0) is 12.1 Å². The summed E-state index contributed by atoms with van der Waals surface area (Å²) < 4.78 is 25.9. The summed E-state index contributed by atoms with van der Waals surface area (Å²) in [6, 6.07) is 7.13. The van der Waals surface area contributed by atoms with Crippen molar-refractivity contribution in [3.63, 3.8) is 0 Å². The molecule has 0 N–H and O–H groups in total. The maximum Gasteiger partial charge on any atom is 0.256 e. The Balaban J connectivity index is 2.55. The molecule has 14 heavy (non-hydrogen) atoms. The highest BCUT2D eigenvalue weighted by Gasteiger charge is 2.08. The fraction of sp³-hybridized carbons (Fsp3) is 0.200. The minimum absolute atomic E-state index is 0.312. The first-order valence-electron chi connectivity index (χ1n) is 4.20. The number of alkyl halides is 2. The van der Waals surface area contributed by atoms with Crippen LogP contribution in [0.5, 0.6) is 0 Å². The van der Waals surface area contributed by atoms with E-state index in [2.05, 4.69) is 0 Å². The molecule has 0 aliphatic carbocycles. The molecule has 1 aromatic carbocycles. The average Bonchev–Trinajstić information content (AvgIpc) is 2.49. The van der Waals surface area contributed by atoms with Crippen LogP contribution in [0, 0.1) is 0 Å². The number of aromatic nitrogens is 1. The molecule has 74 valence electrons. The molecular weight excluding hydrogens is 208 g/mol. The lowest BCUT2D eigenvalue weighted by molar-refractivity contribution is 0.128. The molecule has 1 heterocycles. The van der Waals surface area contributed by atoms with Gasteiger partial charge in [-0.2, -0.15) is 0 Å². The lowest BCUT2D eigenvalue weighted by atomic mass is 10.2. The molecule has 2 rings (SSSR count). The molecule has 4 heteroatoms. The average molecular weight is 216 g/mol. The van der Waals surface area contributed by atoms with Crippen LogP contribution in [0.3, 0.4) is 0 Å². The van der Waals surface area contributed by atoms with Crippen molar-refractivity contribution in [2.24, 2.45) is 0 Å². The molecule has 0 fully saturated rings. The molecule has 1 aromatic heterocycles. The van der Waals surface area contributed by atoms with Gasteiger partial charge in [0.1, 0.15) is 0 Å². The summed E-state index contributed by atoms with van der Waals surface area (Å²) in [5, 5.41) is 1.39. The number of rotatable bonds is 2. The minimum Gasteiger partial charge on any atom is -0.341 e. The van der Waals surface area contributed by atoms with Crippen LogP contribution in [-0.4, -0.2) is 11.0 Å². The molecule has 0 unspecified atom stereocenters. The molecule has 0 radical (unpaired) electrons. The lowest BCUT2D eigenvalue weighted by Gasteiger charge is -2.05. The van der Waals surface area contributed by atoms with Crippen molar-refractivity contribution in [3.8, 4) is 0 Å². The lowest BCUT2D eigenvalue weighted by Crippen LogP contribution is -2.04. The Morgan fingerprint density at radius 3 is 2.79 bits per heavy atom. The first-order valence-corrected chi connectivity index (χ1v) is 4.58. The number of fused-ring (bicyclic) bond motifs is 1. The third kappa shape index (κ3) is 1.60. The van der Waals surface area contributed by atoms with Crippen molar-refractivity contribution in [2.75, 3.05) is 0 Å². The van der Waals surface area contributed by atoms with Crippen LogP contribution in [0.4, 0.5) is 8.78 Å². The maximum atomic E-state index is 12.2. The van der Waals surface area contributed by atoms with E-state index in [1.165, 1.54) is 4.57 Å². The van der Waals surface area contributed by atoms with Crippen molar-refractivity contribution >= 4 is 22.5 Å². The molecule has 0 bridgehead atoms. The quantitative estimate of drug-likeness (QED) is 0.722. The third-order valence-electron chi connectivity index (χ3n) is 2.07. The molecule has 0 saturated carbocycles. The molecule has 0 atom stereocenters. The predicted octanol–water partition coefficient (Wildman–Crippen LogP) is 3.56. The van der Waals surface area contributed by atoms with Crippen molar-refractivity contribution in [1.82, 2.24) is 4.57 Å². The van der Waals surface area contributed by atoms with Gasteiger partial charge in [0.05, 0.1) is 17.1 Å². The van der Waals surface area contributed by atoms with E-state index in [4.69, 9.17) is 11.6 Å². The summed E-state index contributed by atoms with van der Waals surface area (Å²) in [6.45, 7) is -0.312. The smallest absolute Gasteiger partial charge is 0.256 e. The fourth-order valence-corrected chi connectivity index (χ4v) is 1.81. The zero-order chi connectivity index (χ0) is 10.1. The number of nitrogens with zero attached hydrogens (tertiary/aromatic N) is 1. The summed E-state index contributed by atoms with van der Waals surface area (Å²) in [5.74, 6) is 0. The van der Waals surface area contributed by atoms with E-state index >= 15 is 0 Å². The first-order chi connectivity index (χ1) is 6.68. The van der Waals surface area contributed by atoms with Crippen LogP contribution >= 0.6 is 11.6 Å². The van der Waals surface area contributed by atoms with Gasteiger partial charge >= 0.3 is 0 Å². The Hall–Kier alpha value is -1.09. The number of halogens is 3. The highest BCUT2D eigenvalue weighted by atomic mass is 35.5. The van der Waals surface area contributed by atoms with Crippen molar-refractivity contribution < 1.29 is 8.78 Å². The van der Waals surface area contributed by atoms with E-state index in [9.17, 15) is 8.78 Å². The van der Waals surface area contributed by atoms with Gasteiger partial charge in [-0.25, -0.2) is 8.78 Å². The van der Waals surface area contributed by atoms with Gasteiger partial charge in [-0.15, -0.1) is 0 Å². The van der Waals surface area contributed by atoms with Gasteiger partial charge in [-0.3, -0.25) is 0 Å². The highest BCUT2D eigenvalue weighted by Crippen LogP contribution is 2.24. The number of benzene rings is 1. The maximum absolute atomic E-state index is 12.2. The van der Waals surface area contributed by atoms with E-state index in [0.29, 0.717) is 10.5 Å². The van der Waals surface area contributed by atoms with Crippen molar-refractivity contribution in [1.29, 1.82) is 0 Å². The SMILES string of the molecule is FC(F)Cn1ccc2cccc(Cl)c21. The van der Waals surface area contributed by atoms with Crippen LogP contribution in [0.2, 0.25) is 5.02 Å². The molecular formula is C10H8ClF2N. The summed E-state index contributed by atoms with van der Waals surface area (Å²) in [4.78, 5) is 0. The minimum atomic E-state index is -2.36. The number of para-hydroxylation sites is 1. The third-order valence-corrected chi connectivity index (χ3v) is 2.38. The predicted molar refractivity (Wildman–Crippen MR) is 53.0 cm³/mol. The van der Waals surface area contributed by atoms with E-state index in [0.717, 1.165) is 5.39 Å². The first kappa shape index (κ1) is 9.46. The Morgan fingerprint density at radius 1 is 1.29 bits per heavy atom. The van der Waals surface area contributed by atoms with Crippen LogP contribution in [0.25, 0.3) is 10.9 Å². The van der Waals surface area contributed by atoms with Gasteiger partial charge in [0.25, 0.3) is 6.43 Å². The summed E-state index contributed by atoms with van der Waals surface area (Å²) >= 11 is 5.92. The van der Waals surface area contributed by atoms with Crippen LogP contribution < -0.4 is 0 Å². The Labute approximate surface area is 84.9 Å². The van der Waals surface area contributed by atoms with E-state index in [1.54, 1.807) is 24.4 Å². The van der Waals surface area contributed by atoms with E-state index in [-0.39, 0.29) is 6.54 Å². The summed E-state index contributed by atoms with van der Waals surface area (Å²) in [5.41, 5.74) is 0.675. The van der Waals surface area contributed by atoms with E-state index < -0.39 is 6.43 Å². The second-order valence-electron chi connectivity index (χ2n) is 3.04. The zero-order valence-corrected chi connectivity index (χ0v) is 8.01. The van der Waals surface area contributed by atoms with E-state index in [1.807, 2.05) is 6.07 Å². The zero-order valence-electron chi connectivity index (χ0n) is 7.25. The normalized spacial score (nSPS) is 11.4. The topological polar surface area (TPSA) is 4.93 Å². The van der Waals surface area contributed by atoms with Crippen LogP contribution in [-0.2, 0) is 6.54 Å². The molecule has 0 amide bonds. The summed E-state index contributed by atoms with van der Waals surface area (Å²) in [6.07, 6.45) is -0.732. The van der Waals surface area contributed by atoms with Crippen LogP contribution in [0.15, 0.2) is 30.5 Å². The molecule has 0 aliphatic heterocycles. The molecule has 0 saturated heterocycles. The Kier molecular flexibility index (Phi) is 2.42. The van der Waals surface area contributed by atoms with Crippen molar-refractivity contribution in [3.05, 3.63) is 35.5 Å². The fourth-order valence-electron chi connectivity index (χ4n) is 1.52. The molecule has 0 aliphatic rings. The monoisotopic (exact) mass is 215 g/mol. The standard InChI is InChI=1S/C10H8ClF2N/c11-8-3-1-2-7-4-5-14(10(7)8)6-9(12)13/h1-5,9H,6H2. The number of hydrogen-bond donors (Lipinski definition) is 0. The van der Waals surface area contributed by atoms with Crippen molar-refractivity contribution in [2.45, 2.75) is 13.0 Å². The van der Waals surface area contributed by atoms with Crippen LogP contribution in [0.1, 0.15) is 0 Å². The van der Waals surface area contributed by atoms with Gasteiger partial charge in [0, 0.05) is 11.6 Å². The Bertz CT molecular complexity index is 450. The van der Waals surface area contributed by atoms with Gasteiger partial charge in [0.2, 0.25) is 0 Å². The Morgan fingerprint density at radius 2 is 2.07 bits per heavy atom. The van der Waals surface area contributed by atoms with Gasteiger partial charge in [-0.1, -0.05) is 23.7 Å². The second kappa shape index (κ2) is 3.58. The number of hydrogen-bond acceptors (Lipinski definition) is 0. The molecule has 1 nitrogen and oxygen atoms in total.